The molecule has 9 atom stereocenters. The van der Waals surface area contributed by atoms with E-state index >= 15 is 0 Å². The van der Waals surface area contributed by atoms with Crippen LogP contribution in [0.2, 0.25) is 0 Å². The SMILES string of the molecule is CCCCCCCCCCCCCC(=O)OC1C(SC)OC(C(NC(=O)C2CC(CCC)CN2C)C(C)Cl)C(O)C1O. The van der Waals surface area contributed by atoms with Crippen LogP contribution in [0.25, 0.3) is 0 Å². The van der Waals surface area contributed by atoms with E-state index in [2.05, 4.69) is 24.1 Å². The Morgan fingerprint density at radius 3 is 2.14 bits per heavy atom. The zero-order valence-corrected chi connectivity index (χ0v) is 28.3. The van der Waals surface area contributed by atoms with Gasteiger partial charge in [-0.05, 0) is 45.4 Å². The summed E-state index contributed by atoms with van der Waals surface area (Å²) in [5.74, 6) is -0.0766. The molecule has 0 spiro atoms. The molecule has 8 nitrogen and oxygen atoms in total. The second-order valence-electron chi connectivity index (χ2n) is 12.5. The predicted molar refractivity (Wildman–Crippen MR) is 172 cm³/mol. The number of carbonyl (C=O) groups excluding carboxylic acids is 2. The fourth-order valence-corrected chi connectivity index (χ4v) is 7.30. The third kappa shape index (κ3) is 12.1. The van der Waals surface area contributed by atoms with Crippen LogP contribution in [-0.4, -0.2) is 94.2 Å². The van der Waals surface area contributed by atoms with E-state index in [9.17, 15) is 19.8 Å². The number of ether oxygens (including phenoxy) is 2. The summed E-state index contributed by atoms with van der Waals surface area (Å²) in [6.45, 7) is 6.99. The number of likely N-dealkylation sites (N-methyl/N-ethyl adjacent to an activating group) is 1. The molecule has 2 aliphatic heterocycles. The number of amides is 1. The highest BCUT2D eigenvalue weighted by molar-refractivity contribution is 7.99. The summed E-state index contributed by atoms with van der Waals surface area (Å²) in [5, 5.41) is 24.6. The summed E-state index contributed by atoms with van der Waals surface area (Å²) in [7, 11) is 1.95. The van der Waals surface area contributed by atoms with Gasteiger partial charge in [0.05, 0.1) is 17.5 Å². The van der Waals surface area contributed by atoms with Crippen LogP contribution in [0.1, 0.15) is 117 Å². The predicted octanol–water partition coefficient (Wildman–Crippen LogP) is 5.64. The number of hydrogen-bond donors (Lipinski definition) is 3. The van der Waals surface area contributed by atoms with Gasteiger partial charge in [-0.2, -0.15) is 0 Å². The Morgan fingerprint density at radius 2 is 1.60 bits per heavy atom. The number of nitrogens with one attached hydrogen (secondary N) is 1. The van der Waals surface area contributed by atoms with Gasteiger partial charge in [-0.3, -0.25) is 14.5 Å². The molecule has 0 aromatic carbocycles. The Morgan fingerprint density at radius 1 is 1.00 bits per heavy atom. The van der Waals surface area contributed by atoms with Crippen LogP contribution in [0.4, 0.5) is 0 Å². The van der Waals surface area contributed by atoms with E-state index in [-0.39, 0.29) is 18.4 Å². The second-order valence-corrected chi connectivity index (χ2v) is 14.1. The number of halogens is 1. The molecule has 0 radical (unpaired) electrons. The van der Waals surface area contributed by atoms with Crippen LogP contribution < -0.4 is 5.32 Å². The van der Waals surface area contributed by atoms with E-state index < -0.39 is 47.2 Å². The van der Waals surface area contributed by atoms with Crippen LogP contribution in [0.15, 0.2) is 0 Å². The molecular weight excluding hydrogens is 576 g/mol. The van der Waals surface area contributed by atoms with Gasteiger partial charge in [-0.25, -0.2) is 0 Å². The average Bonchev–Trinajstić information content (AvgIpc) is 3.33. The fourth-order valence-electron chi connectivity index (χ4n) is 6.37. The molecule has 2 fully saturated rings. The van der Waals surface area contributed by atoms with Gasteiger partial charge < -0.3 is 25.0 Å². The number of carbonyl (C=O) groups is 2. The van der Waals surface area contributed by atoms with Crippen molar-refractivity contribution in [3.05, 3.63) is 0 Å². The Hall–Kier alpha value is -0.580. The first-order chi connectivity index (χ1) is 20.1. The van der Waals surface area contributed by atoms with Crippen molar-refractivity contribution < 1.29 is 29.3 Å². The van der Waals surface area contributed by atoms with Crippen molar-refractivity contribution >= 4 is 35.2 Å². The molecule has 3 N–H and O–H groups in total. The Balaban J connectivity index is 1.83. The molecule has 0 aliphatic carbocycles. The van der Waals surface area contributed by atoms with Crippen molar-refractivity contribution in [2.24, 2.45) is 5.92 Å². The van der Waals surface area contributed by atoms with E-state index in [0.717, 1.165) is 45.1 Å². The largest absolute Gasteiger partial charge is 0.456 e. The summed E-state index contributed by atoms with van der Waals surface area (Å²) in [5.41, 5.74) is -0.701. The van der Waals surface area contributed by atoms with Crippen molar-refractivity contribution in [2.75, 3.05) is 19.8 Å². The molecule has 0 saturated carbocycles. The van der Waals surface area contributed by atoms with Crippen LogP contribution >= 0.6 is 23.4 Å². The van der Waals surface area contributed by atoms with Gasteiger partial charge in [0, 0.05) is 13.0 Å². The summed E-state index contributed by atoms with van der Waals surface area (Å²) in [6.07, 6.45) is 13.4. The highest BCUT2D eigenvalue weighted by Gasteiger charge is 2.50. The van der Waals surface area contributed by atoms with E-state index in [0.29, 0.717) is 5.92 Å². The van der Waals surface area contributed by atoms with E-state index in [1.54, 1.807) is 13.2 Å². The first kappa shape index (κ1) is 37.6. The molecule has 9 unspecified atom stereocenters. The topological polar surface area (TPSA) is 108 Å². The standard InChI is InChI=1S/C32H59ClN2O6S/c1-6-8-9-10-11-12-13-14-15-16-17-19-25(36)40-30-28(38)27(37)29(41-32(30)42-5)26(22(3)33)34-31(39)24-20-23(18-7-2)21-35(24)4/h22-24,26-30,32,37-38H,6-21H2,1-5H3,(H,34,39). The van der Waals surface area contributed by atoms with Gasteiger partial charge >= 0.3 is 5.97 Å². The Labute approximate surface area is 264 Å². The smallest absolute Gasteiger partial charge is 0.306 e. The molecule has 0 aromatic heterocycles. The normalized spacial score (nSPS) is 29.8. The number of aliphatic hydroxyl groups excluding tert-OH is 2. The maximum absolute atomic E-state index is 13.3. The quantitative estimate of drug-likeness (QED) is 0.0897. The molecule has 42 heavy (non-hydrogen) atoms. The van der Waals surface area contributed by atoms with Gasteiger partial charge in [0.2, 0.25) is 5.91 Å². The number of alkyl halides is 1. The van der Waals surface area contributed by atoms with E-state index in [1.165, 1.54) is 63.1 Å². The fraction of sp³-hybridized carbons (Fsp3) is 0.938. The van der Waals surface area contributed by atoms with Crippen LogP contribution in [0, 0.1) is 5.92 Å². The maximum atomic E-state index is 13.3. The average molecular weight is 635 g/mol. The van der Waals surface area contributed by atoms with Crippen molar-refractivity contribution in [1.29, 1.82) is 0 Å². The molecule has 246 valence electrons. The zero-order valence-electron chi connectivity index (χ0n) is 26.8. The lowest BCUT2D eigenvalue weighted by Crippen LogP contribution is -2.65. The van der Waals surface area contributed by atoms with Gasteiger partial charge in [-0.15, -0.1) is 23.4 Å². The Bertz CT molecular complexity index is 775. The summed E-state index contributed by atoms with van der Waals surface area (Å²) in [4.78, 5) is 28.0. The molecule has 2 rings (SSSR count). The minimum atomic E-state index is -1.38. The number of rotatable bonds is 20. The molecule has 1 amide bonds. The zero-order chi connectivity index (χ0) is 31.1. The lowest BCUT2D eigenvalue weighted by atomic mass is 9.92. The third-order valence-corrected chi connectivity index (χ3v) is 9.97. The van der Waals surface area contributed by atoms with Crippen molar-refractivity contribution in [1.82, 2.24) is 10.2 Å². The molecule has 2 heterocycles. The van der Waals surface area contributed by atoms with Gasteiger partial charge in [0.25, 0.3) is 0 Å². The van der Waals surface area contributed by atoms with E-state index in [1.807, 2.05) is 7.05 Å². The summed E-state index contributed by atoms with van der Waals surface area (Å²) >= 11 is 7.81. The molecule has 0 bridgehead atoms. The summed E-state index contributed by atoms with van der Waals surface area (Å²) in [6, 6.07) is -1.00. The Kier molecular flexibility index (Phi) is 18.3. The lowest BCUT2D eigenvalue weighted by Gasteiger charge is -2.45. The third-order valence-electron chi connectivity index (χ3n) is 8.86. The highest BCUT2D eigenvalue weighted by Crippen LogP contribution is 2.33. The second kappa shape index (κ2) is 20.5. The number of esters is 1. The van der Waals surface area contributed by atoms with Gasteiger partial charge in [0.1, 0.15) is 23.7 Å². The van der Waals surface area contributed by atoms with Gasteiger partial charge in [0.15, 0.2) is 6.10 Å². The molecule has 10 heteroatoms. The first-order valence-corrected chi connectivity index (χ1v) is 18.2. The number of thioether (sulfide) groups is 1. The van der Waals surface area contributed by atoms with Crippen molar-refractivity contribution in [3.8, 4) is 0 Å². The number of unbranched alkanes of at least 4 members (excludes halogenated alkanes) is 10. The van der Waals surface area contributed by atoms with Crippen molar-refractivity contribution in [2.45, 2.75) is 164 Å². The molecule has 0 aromatic rings. The monoisotopic (exact) mass is 634 g/mol. The maximum Gasteiger partial charge on any atom is 0.306 e. The van der Waals surface area contributed by atoms with Crippen LogP contribution in [-0.2, 0) is 19.1 Å². The van der Waals surface area contributed by atoms with Crippen molar-refractivity contribution in [3.63, 3.8) is 0 Å². The van der Waals surface area contributed by atoms with Crippen LogP contribution in [0.5, 0.6) is 0 Å². The minimum absolute atomic E-state index is 0.153. The number of likely N-dealkylation sites (tertiary alicyclic amines) is 1. The minimum Gasteiger partial charge on any atom is -0.456 e. The first-order valence-electron chi connectivity index (χ1n) is 16.5. The van der Waals surface area contributed by atoms with Crippen LogP contribution in [0.3, 0.4) is 0 Å². The number of nitrogens with zero attached hydrogens (tertiary/aromatic N) is 1. The van der Waals surface area contributed by atoms with E-state index in [4.69, 9.17) is 21.1 Å². The molecular formula is C32H59ClN2O6S. The number of aliphatic hydroxyl groups is 2. The highest BCUT2D eigenvalue weighted by atomic mass is 35.5. The lowest BCUT2D eigenvalue weighted by molar-refractivity contribution is -0.218. The van der Waals surface area contributed by atoms with Gasteiger partial charge in [-0.1, -0.05) is 84.5 Å². The molecule has 2 saturated heterocycles. The summed E-state index contributed by atoms with van der Waals surface area (Å²) < 4.78 is 11.8. The molecule has 2 aliphatic rings. The number of hydrogen-bond acceptors (Lipinski definition) is 8.